The van der Waals surface area contributed by atoms with E-state index in [1.165, 1.54) is 6.20 Å². The number of benzene rings is 2. The minimum Gasteiger partial charge on any atom is -0.323 e. The molecule has 0 fully saturated rings. The Labute approximate surface area is 159 Å². The van der Waals surface area contributed by atoms with E-state index in [2.05, 4.69) is 15.4 Å². The molecule has 3 rings (SSSR count). The van der Waals surface area contributed by atoms with Gasteiger partial charge in [0.1, 0.15) is 6.04 Å². The van der Waals surface area contributed by atoms with E-state index in [0.29, 0.717) is 27.0 Å². The van der Waals surface area contributed by atoms with Gasteiger partial charge >= 0.3 is 5.69 Å². The molecule has 2 aromatic carbocycles. The van der Waals surface area contributed by atoms with Crippen LogP contribution in [0.15, 0.2) is 59.5 Å². The summed E-state index contributed by atoms with van der Waals surface area (Å²) < 4.78 is 1.02. The monoisotopic (exact) mass is 388 g/mol. The molecule has 0 spiro atoms. The van der Waals surface area contributed by atoms with Gasteiger partial charge in [-0.1, -0.05) is 47.5 Å². The van der Waals surface area contributed by atoms with Crippen molar-refractivity contribution in [2.45, 2.75) is 13.0 Å². The maximum Gasteiger partial charge on any atom is 0.365 e. The van der Waals surface area contributed by atoms with E-state index >= 15 is 0 Å². The molecule has 0 aliphatic carbocycles. The Morgan fingerprint density at radius 3 is 2.46 bits per heavy atom. The van der Waals surface area contributed by atoms with Crippen molar-refractivity contribution in [1.82, 2.24) is 14.8 Å². The molecule has 26 heavy (non-hydrogen) atoms. The van der Waals surface area contributed by atoms with E-state index in [-0.39, 0.29) is 0 Å². The van der Waals surface area contributed by atoms with Crippen LogP contribution in [0.1, 0.15) is 13.0 Å². The molecule has 0 aliphatic heterocycles. The summed E-state index contributed by atoms with van der Waals surface area (Å²) in [6.45, 7) is 1.56. The predicted octanol–water partition coefficient (Wildman–Crippen LogP) is 3.81. The Bertz CT molecular complexity index is 1000. The number of carbonyl (C=O) groups is 1. The number of nitrogens with one attached hydrogen (secondary N) is 1. The maximum absolute atomic E-state index is 12.4. The van der Waals surface area contributed by atoms with Crippen LogP contribution in [0.2, 0.25) is 10.0 Å². The average Bonchev–Trinajstić information content (AvgIpc) is 2.63. The highest BCUT2D eigenvalue weighted by molar-refractivity contribution is 6.33. The number of hydrogen-bond donors (Lipinski definition) is 1. The summed E-state index contributed by atoms with van der Waals surface area (Å²) >= 11 is 11.9. The summed E-state index contributed by atoms with van der Waals surface area (Å²) in [7, 11) is 0. The highest BCUT2D eigenvalue weighted by Gasteiger charge is 2.19. The van der Waals surface area contributed by atoms with Crippen molar-refractivity contribution in [3.05, 3.63) is 75.3 Å². The zero-order valence-corrected chi connectivity index (χ0v) is 15.2. The molecule has 0 aliphatic rings. The number of aromatic nitrogens is 3. The van der Waals surface area contributed by atoms with Gasteiger partial charge in [-0.25, -0.2) is 9.48 Å². The van der Waals surface area contributed by atoms with Crippen LogP contribution in [-0.4, -0.2) is 20.7 Å². The first-order valence-electron chi connectivity index (χ1n) is 7.73. The molecule has 6 nitrogen and oxygen atoms in total. The van der Waals surface area contributed by atoms with Crippen molar-refractivity contribution < 1.29 is 4.79 Å². The van der Waals surface area contributed by atoms with Gasteiger partial charge in [-0.05, 0) is 31.2 Å². The van der Waals surface area contributed by atoms with Gasteiger partial charge in [-0.15, -0.1) is 0 Å². The van der Waals surface area contributed by atoms with Crippen molar-refractivity contribution in [3.63, 3.8) is 0 Å². The number of para-hydroxylation sites is 1. The van der Waals surface area contributed by atoms with Crippen molar-refractivity contribution in [1.29, 1.82) is 0 Å². The lowest BCUT2D eigenvalue weighted by Gasteiger charge is -2.14. The van der Waals surface area contributed by atoms with E-state index in [4.69, 9.17) is 23.2 Å². The number of rotatable bonds is 4. The molecule has 8 heteroatoms. The van der Waals surface area contributed by atoms with Crippen molar-refractivity contribution in [2.24, 2.45) is 0 Å². The normalized spacial score (nSPS) is 11.8. The second kappa shape index (κ2) is 7.68. The van der Waals surface area contributed by atoms with E-state index in [1.807, 2.05) is 0 Å². The fourth-order valence-corrected chi connectivity index (χ4v) is 2.59. The van der Waals surface area contributed by atoms with Crippen molar-refractivity contribution >= 4 is 34.8 Å². The lowest BCUT2D eigenvalue weighted by atomic mass is 10.2. The number of hydrogen-bond acceptors (Lipinski definition) is 4. The summed E-state index contributed by atoms with van der Waals surface area (Å²) in [5.41, 5.74) is 0.949. The van der Waals surface area contributed by atoms with Crippen LogP contribution in [0.5, 0.6) is 0 Å². The third-order valence-corrected chi connectivity index (χ3v) is 4.32. The van der Waals surface area contributed by atoms with Gasteiger partial charge in [0.2, 0.25) is 5.91 Å². The van der Waals surface area contributed by atoms with Crippen LogP contribution in [0, 0.1) is 0 Å². The van der Waals surface area contributed by atoms with Crippen molar-refractivity contribution in [2.75, 3.05) is 5.32 Å². The molecule has 0 bridgehead atoms. The third-order valence-electron chi connectivity index (χ3n) is 3.73. The van der Waals surface area contributed by atoms with Gasteiger partial charge in [0.15, 0.2) is 0 Å². The number of amides is 1. The van der Waals surface area contributed by atoms with Gasteiger partial charge in [0, 0.05) is 10.6 Å². The summed E-state index contributed by atoms with van der Waals surface area (Å²) in [6.07, 6.45) is 1.43. The Hall–Kier alpha value is -2.70. The molecule has 0 saturated heterocycles. The maximum atomic E-state index is 12.4. The standard InChI is InChI=1S/C18H14Cl2N4O2/c1-11(17(25)22-15-5-3-2-4-14(15)20)24-18(26)23-16(10-21-24)12-6-8-13(19)9-7-12/h2-11H,1H3,(H,22,25)/t11-/m0/s1. The molecule has 0 unspecified atom stereocenters. The van der Waals surface area contributed by atoms with Gasteiger partial charge < -0.3 is 5.32 Å². The van der Waals surface area contributed by atoms with Crippen LogP contribution < -0.4 is 11.0 Å². The summed E-state index contributed by atoms with van der Waals surface area (Å²) in [6, 6.07) is 12.9. The number of nitrogens with zero attached hydrogens (tertiary/aromatic N) is 3. The molecule has 132 valence electrons. The molecule has 1 atom stereocenters. The largest absolute Gasteiger partial charge is 0.365 e. The van der Waals surface area contributed by atoms with Crippen LogP contribution in [0.3, 0.4) is 0 Å². The first-order valence-corrected chi connectivity index (χ1v) is 8.48. The molecule has 1 aromatic heterocycles. The SMILES string of the molecule is C[C@@H](C(=O)Nc1ccccc1Cl)n1ncc(-c2ccc(Cl)cc2)nc1=O. The number of anilines is 1. The molecule has 1 heterocycles. The molecule has 0 saturated carbocycles. The van der Waals surface area contributed by atoms with E-state index < -0.39 is 17.6 Å². The zero-order chi connectivity index (χ0) is 18.7. The van der Waals surface area contributed by atoms with E-state index in [0.717, 1.165) is 4.68 Å². The quantitative estimate of drug-likeness (QED) is 0.736. The fourth-order valence-electron chi connectivity index (χ4n) is 2.29. The smallest absolute Gasteiger partial charge is 0.323 e. The molecule has 3 aromatic rings. The van der Waals surface area contributed by atoms with E-state index in [1.54, 1.807) is 55.5 Å². The Morgan fingerprint density at radius 1 is 1.12 bits per heavy atom. The lowest BCUT2D eigenvalue weighted by Crippen LogP contribution is -2.34. The molecular formula is C18H14Cl2N4O2. The van der Waals surface area contributed by atoms with Crippen molar-refractivity contribution in [3.8, 4) is 11.3 Å². The number of carbonyl (C=O) groups excluding carboxylic acids is 1. The molecule has 1 N–H and O–H groups in total. The average molecular weight is 389 g/mol. The summed E-state index contributed by atoms with van der Waals surface area (Å²) in [4.78, 5) is 28.7. The summed E-state index contributed by atoms with van der Waals surface area (Å²) in [5, 5.41) is 7.74. The second-order valence-corrected chi connectivity index (χ2v) is 6.36. The van der Waals surface area contributed by atoms with Crippen LogP contribution >= 0.6 is 23.2 Å². The molecular weight excluding hydrogens is 375 g/mol. The minimum absolute atomic E-state index is 0.404. The van der Waals surface area contributed by atoms with Crippen LogP contribution in [0.4, 0.5) is 5.69 Å². The zero-order valence-electron chi connectivity index (χ0n) is 13.7. The van der Waals surface area contributed by atoms with Gasteiger partial charge in [0.05, 0.1) is 22.6 Å². The van der Waals surface area contributed by atoms with Gasteiger partial charge in [-0.3, -0.25) is 4.79 Å². The summed E-state index contributed by atoms with van der Waals surface area (Å²) in [5.74, 6) is -0.422. The predicted molar refractivity (Wildman–Crippen MR) is 102 cm³/mol. The Kier molecular flexibility index (Phi) is 5.35. The van der Waals surface area contributed by atoms with Gasteiger partial charge in [-0.2, -0.15) is 10.1 Å². The third kappa shape index (κ3) is 3.92. The molecule has 1 amide bonds. The minimum atomic E-state index is -0.856. The van der Waals surface area contributed by atoms with Crippen LogP contribution in [-0.2, 0) is 4.79 Å². The Morgan fingerprint density at radius 2 is 1.81 bits per heavy atom. The lowest BCUT2D eigenvalue weighted by molar-refractivity contribution is -0.119. The topological polar surface area (TPSA) is 76.9 Å². The van der Waals surface area contributed by atoms with Crippen LogP contribution in [0.25, 0.3) is 11.3 Å². The van der Waals surface area contributed by atoms with E-state index in [9.17, 15) is 9.59 Å². The van der Waals surface area contributed by atoms with Gasteiger partial charge in [0.25, 0.3) is 0 Å². The highest BCUT2D eigenvalue weighted by Crippen LogP contribution is 2.22. The second-order valence-electron chi connectivity index (χ2n) is 5.52. The first-order chi connectivity index (χ1) is 12.5. The number of halogens is 2. The highest BCUT2D eigenvalue weighted by atomic mass is 35.5. The fraction of sp³-hybridized carbons (Fsp3) is 0.111. The Balaban J connectivity index is 1.82. The molecule has 0 radical (unpaired) electrons. The first kappa shape index (κ1) is 18.1.